The van der Waals surface area contributed by atoms with E-state index in [2.05, 4.69) is 24.1 Å². The molecule has 1 saturated carbocycles. The van der Waals surface area contributed by atoms with Crippen molar-refractivity contribution in [1.29, 1.82) is 0 Å². The summed E-state index contributed by atoms with van der Waals surface area (Å²) < 4.78 is 5.88. The highest BCUT2D eigenvalue weighted by Gasteiger charge is 2.43. The van der Waals surface area contributed by atoms with Crippen molar-refractivity contribution < 1.29 is 4.74 Å². The highest BCUT2D eigenvalue weighted by Crippen LogP contribution is 2.38. The number of nitrogens with zero attached hydrogens (tertiary/aromatic N) is 1. The first kappa shape index (κ1) is 13.8. The molecule has 3 fully saturated rings. The average molecular weight is 266 g/mol. The molecule has 0 radical (unpaired) electrons. The number of hydrogen-bond acceptors (Lipinski definition) is 3. The molecule has 2 atom stereocenters. The van der Waals surface area contributed by atoms with Crippen LogP contribution in [0.3, 0.4) is 0 Å². The lowest BCUT2D eigenvalue weighted by atomic mass is 9.87. The molecule has 3 aliphatic rings. The zero-order valence-corrected chi connectivity index (χ0v) is 12.7. The molecule has 2 heterocycles. The van der Waals surface area contributed by atoms with Gasteiger partial charge in [-0.3, -0.25) is 4.90 Å². The lowest BCUT2D eigenvalue weighted by Gasteiger charge is -2.48. The Kier molecular flexibility index (Phi) is 4.16. The highest BCUT2D eigenvalue weighted by atomic mass is 16.5. The van der Waals surface area contributed by atoms with Gasteiger partial charge in [0.2, 0.25) is 0 Å². The summed E-state index contributed by atoms with van der Waals surface area (Å²) in [5, 5.41) is 3.88. The standard InChI is InChI=1S/C16H30N2O/c1-3-16(4-2)12-18(11-14-6-5-9-19-14)15(10-17-16)13-7-8-13/h13-15,17H,3-12H2,1-2H3. The molecular formula is C16H30N2O. The predicted molar refractivity (Wildman–Crippen MR) is 78.4 cm³/mol. The van der Waals surface area contributed by atoms with E-state index < -0.39 is 0 Å². The van der Waals surface area contributed by atoms with Gasteiger partial charge in [-0.1, -0.05) is 13.8 Å². The molecule has 3 heteroatoms. The van der Waals surface area contributed by atoms with Gasteiger partial charge in [0.1, 0.15) is 0 Å². The van der Waals surface area contributed by atoms with E-state index >= 15 is 0 Å². The summed E-state index contributed by atoms with van der Waals surface area (Å²) in [6.07, 6.45) is 8.40. The van der Waals surface area contributed by atoms with Gasteiger partial charge in [0.15, 0.2) is 0 Å². The van der Waals surface area contributed by atoms with E-state index in [0.29, 0.717) is 11.6 Å². The van der Waals surface area contributed by atoms with Crippen molar-refractivity contribution in [2.45, 2.75) is 70.1 Å². The third-order valence-electron chi connectivity index (χ3n) is 5.64. The summed E-state index contributed by atoms with van der Waals surface area (Å²) in [7, 11) is 0. The first-order valence-electron chi connectivity index (χ1n) is 8.37. The average Bonchev–Trinajstić information content (AvgIpc) is 3.16. The van der Waals surface area contributed by atoms with Gasteiger partial charge in [-0.15, -0.1) is 0 Å². The molecule has 3 rings (SSSR count). The molecule has 0 aromatic heterocycles. The van der Waals surface area contributed by atoms with Crippen molar-refractivity contribution in [3.8, 4) is 0 Å². The second-order valence-electron chi connectivity index (χ2n) is 6.84. The van der Waals surface area contributed by atoms with Gasteiger partial charge in [0, 0.05) is 37.8 Å². The minimum absolute atomic E-state index is 0.351. The summed E-state index contributed by atoms with van der Waals surface area (Å²) in [4.78, 5) is 2.77. The monoisotopic (exact) mass is 266 g/mol. The van der Waals surface area contributed by atoms with E-state index in [1.54, 1.807) is 0 Å². The van der Waals surface area contributed by atoms with Crippen molar-refractivity contribution in [3.05, 3.63) is 0 Å². The minimum atomic E-state index is 0.351. The third kappa shape index (κ3) is 2.98. The van der Waals surface area contributed by atoms with Crippen LogP contribution in [0.2, 0.25) is 0 Å². The maximum atomic E-state index is 5.88. The van der Waals surface area contributed by atoms with Gasteiger partial charge in [-0.05, 0) is 44.4 Å². The van der Waals surface area contributed by atoms with Gasteiger partial charge in [-0.25, -0.2) is 0 Å². The number of nitrogens with one attached hydrogen (secondary N) is 1. The summed E-state index contributed by atoms with van der Waals surface area (Å²) in [5.41, 5.74) is 0.351. The van der Waals surface area contributed by atoms with Crippen LogP contribution in [0.1, 0.15) is 52.4 Å². The smallest absolute Gasteiger partial charge is 0.0702 e. The van der Waals surface area contributed by atoms with Crippen LogP contribution < -0.4 is 5.32 Å². The molecule has 0 aromatic carbocycles. The van der Waals surface area contributed by atoms with Gasteiger partial charge in [-0.2, -0.15) is 0 Å². The molecule has 1 N–H and O–H groups in total. The van der Waals surface area contributed by atoms with Crippen molar-refractivity contribution in [2.75, 3.05) is 26.2 Å². The predicted octanol–water partition coefficient (Wildman–Crippen LogP) is 2.41. The van der Waals surface area contributed by atoms with Gasteiger partial charge >= 0.3 is 0 Å². The molecule has 110 valence electrons. The third-order valence-corrected chi connectivity index (χ3v) is 5.64. The summed E-state index contributed by atoms with van der Waals surface area (Å²) in [6, 6.07) is 0.774. The zero-order valence-electron chi connectivity index (χ0n) is 12.7. The maximum absolute atomic E-state index is 5.88. The van der Waals surface area contributed by atoms with E-state index in [1.807, 2.05) is 0 Å². The second-order valence-corrected chi connectivity index (χ2v) is 6.84. The zero-order chi connectivity index (χ0) is 13.3. The first-order valence-corrected chi connectivity index (χ1v) is 8.37. The van der Waals surface area contributed by atoms with Gasteiger partial charge in [0.25, 0.3) is 0 Å². The summed E-state index contributed by atoms with van der Waals surface area (Å²) >= 11 is 0. The van der Waals surface area contributed by atoms with Gasteiger partial charge < -0.3 is 10.1 Å². The molecule has 2 saturated heterocycles. The van der Waals surface area contributed by atoms with Gasteiger partial charge in [0.05, 0.1) is 6.10 Å². The topological polar surface area (TPSA) is 24.5 Å². The lowest BCUT2D eigenvalue weighted by Crippen LogP contribution is -2.65. The molecule has 1 aliphatic carbocycles. The largest absolute Gasteiger partial charge is 0.377 e. The second kappa shape index (κ2) is 5.71. The van der Waals surface area contributed by atoms with E-state index in [0.717, 1.165) is 18.6 Å². The molecule has 2 aliphatic heterocycles. The van der Waals surface area contributed by atoms with Crippen molar-refractivity contribution in [1.82, 2.24) is 10.2 Å². The fraction of sp³-hybridized carbons (Fsp3) is 1.00. The Hall–Kier alpha value is -0.120. The molecule has 0 amide bonds. The van der Waals surface area contributed by atoms with Crippen LogP contribution in [0.4, 0.5) is 0 Å². The van der Waals surface area contributed by atoms with Crippen LogP contribution in [0.15, 0.2) is 0 Å². The Labute approximate surface area is 118 Å². The first-order chi connectivity index (χ1) is 9.26. The highest BCUT2D eigenvalue weighted by molar-refractivity contribution is 5.01. The molecule has 0 aromatic rings. The number of ether oxygens (including phenoxy) is 1. The fourth-order valence-electron chi connectivity index (χ4n) is 3.93. The van der Waals surface area contributed by atoms with E-state index in [-0.39, 0.29) is 0 Å². The van der Waals surface area contributed by atoms with E-state index in [4.69, 9.17) is 4.74 Å². The normalized spacial score (nSPS) is 35.7. The van der Waals surface area contributed by atoms with Crippen molar-refractivity contribution in [2.24, 2.45) is 5.92 Å². The van der Waals surface area contributed by atoms with E-state index in [1.165, 1.54) is 58.2 Å². The van der Waals surface area contributed by atoms with E-state index in [9.17, 15) is 0 Å². The molecule has 19 heavy (non-hydrogen) atoms. The van der Waals surface area contributed by atoms with Crippen molar-refractivity contribution in [3.63, 3.8) is 0 Å². The lowest BCUT2D eigenvalue weighted by molar-refractivity contribution is 0.0108. The Morgan fingerprint density at radius 3 is 2.58 bits per heavy atom. The van der Waals surface area contributed by atoms with Crippen LogP contribution in [0.25, 0.3) is 0 Å². The Bertz CT molecular complexity index is 293. The molecule has 3 nitrogen and oxygen atoms in total. The summed E-state index contributed by atoms with van der Waals surface area (Å²) in [6.45, 7) is 9.23. The Morgan fingerprint density at radius 1 is 1.21 bits per heavy atom. The summed E-state index contributed by atoms with van der Waals surface area (Å²) in [5.74, 6) is 0.959. The van der Waals surface area contributed by atoms with Crippen LogP contribution in [0, 0.1) is 5.92 Å². The SMILES string of the molecule is CCC1(CC)CN(CC2CCCO2)C(C2CC2)CN1. The molecule has 0 bridgehead atoms. The number of hydrogen-bond donors (Lipinski definition) is 1. The van der Waals surface area contributed by atoms with Crippen LogP contribution in [0.5, 0.6) is 0 Å². The van der Waals surface area contributed by atoms with Crippen LogP contribution in [-0.4, -0.2) is 48.8 Å². The maximum Gasteiger partial charge on any atom is 0.0702 e. The quantitative estimate of drug-likeness (QED) is 0.827. The minimum Gasteiger partial charge on any atom is -0.377 e. The van der Waals surface area contributed by atoms with Crippen LogP contribution in [-0.2, 0) is 4.74 Å². The molecular weight excluding hydrogens is 236 g/mol. The fourth-order valence-corrected chi connectivity index (χ4v) is 3.93. The molecule has 2 unspecified atom stereocenters. The Balaban J connectivity index is 1.66. The number of rotatable bonds is 5. The Morgan fingerprint density at radius 2 is 2.00 bits per heavy atom. The van der Waals surface area contributed by atoms with Crippen LogP contribution >= 0.6 is 0 Å². The molecule has 0 spiro atoms. The van der Waals surface area contributed by atoms with Crippen molar-refractivity contribution >= 4 is 0 Å². The number of piperazine rings is 1.